The van der Waals surface area contributed by atoms with Crippen LogP contribution in [0.1, 0.15) is 21.7 Å². The van der Waals surface area contributed by atoms with Crippen LogP contribution in [0.5, 0.6) is 0 Å². The number of aromatic nitrogens is 3. The van der Waals surface area contributed by atoms with Crippen molar-refractivity contribution in [3.05, 3.63) is 129 Å². The third kappa shape index (κ3) is 4.92. The zero-order valence-electron chi connectivity index (χ0n) is 22.1. The summed E-state index contributed by atoms with van der Waals surface area (Å²) in [4.78, 5) is 32.8. The number of benzene rings is 3. The number of ketones is 1. The van der Waals surface area contributed by atoms with Gasteiger partial charge in [0.2, 0.25) is 0 Å². The molecule has 0 aliphatic rings. The van der Waals surface area contributed by atoms with Crippen LogP contribution in [-0.4, -0.2) is 25.7 Å². The fourth-order valence-electron chi connectivity index (χ4n) is 4.97. The summed E-state index contributed by atoms with van der Waals surface area (Å²) in [5.41, 5.74) is 4.01. The minimum absolute atomic E-state index is 0.0303. The maximum Gasteiger partial charge on any atom is 0.268 e. The minimum atomic E-state index is -0.372. The molecule has 3 aromatic carbocycles. The lowest BCUT2D eigenvalue weighted by molar-refractivity contribution is 0.102. The number of carbonyl (C=O) groups excluding carboxylic acids is 1. The first kappa shape index (κ1) is 26.9. The Morgan fingerprint density at radius 1 is 0.927 bits per heavy atom. The number of thiophene rings is 1. The molecule has 0 N–H and O–H groups in total. The van der Waals surface area contributed by atoms with Gasteiger partial charge in [0, 0.05) is 27.9 Å². The lowest BCUT2D eigenvalue weighted by Crippen LogP contribution is -2.22. The molecule has 6 aromatic rings. The highest BCUT2D eigenvalue weighted by molar-refractivity contribution is 7.99. The molecule has 204 valence electrons. The Morgan fingerprint density at radius 2 is 1.63 bits per heavy atom. The number of rotatable bonds is 7. The Morgan fingerprint density at radius 3 is 2.37 bits per heavy atom. The summed E-state index contributed by atoms with van der Waals surface area (Å²) in [5.74, 6) is -0.852. The predicted molar refractivity (Wildman–Crippen MR) is 161 cm³/mol. The molecule has 0 bridgehead atoms. The minimum Gasteiger partial charge on any atom is -0.315 e. The molecule has 0 aliphatic heterocycles. The van der Waals surface area contributed by atoms with Crippen molar-refractivity contribution in [1.29, 1.82) is 0 Å². The summed E-state index contributed by atoms with van der Waals surface area (Å²) >= 11 is 2.51. The molecular weight excluding hydrogens is 561 g/mol. The van der Waals surface area contributed by atoms with E-state index in [9.17, 15) is 18.4 Å². The Balaban J connectivity index is 1.39. The van der Waals surface area contributed by atoms with Gasteiger partial charge < -0.3 is 4.57 Å². The number of para-hydroxylation sites is 2. The first-order valence-electron chi connectivity index (χ1n) is 12.8. The van der Waals surface area contributed by atoms with Crippen LogP contribution < -0.4 is 5.56 Å². The molecule has 0 aliphatic carbocycles. The standard InChI is InChI=1S/C32H23F2N3O2S2/c1-19-16-24(20(2)36(19)27-11-7-6-10-26(27)34)28(38)18-41-32-35-30-29(31(39)37(32)23-8-4-3-5-9-23)25(17-40-30)21-12-14-22(33)15-13-21/h3-17H,18H2,1-2H3. The number of nitrogens with zero attached hydrogens (tertiary/aromatic N) is 3. The van der Waals surface area contributed by atoms with Gasteiger partial charge >= 0.3 is 0 Å². The Kier molecular flexibility index (Phi) is 7.15. The van der Waals surface area contributed by atoms with Crippen molar-refractivity contribution in [2.75, 3.05) is 5.75 Å². The van der Waals surface area contributed by atoms with E-state index >= 15 is 0 Å². The fourth-order valence-corrected chi connectivity index (χ4v) is 6.86. The van der Waals surface area contributed by atoms with Gasteiger partial charge in [-0.05, 0) is 61.9 Å². The molecule has 0 fully saturated rings. The van der Waals surface area contributed by atoms with Crippen LogP contribution in [0.3, 0.4) is 0 Å². The summed E-state index contributed by atoms with van der Waals surface area (Å²) in [6.07, 6.45) is 0. The van der Waals surface area contributed by atoms with Crippen LogP contribution in [0.15, 0.2) is 100 Å². The third-order valence-corrected chi connectivity index (χ3v) is 8.71. The molecular formula is C32H23F2N3O2S2. The normalized spacial score (nSPS) is 11.3. The second-order valence-corrected chi connectivity index (χ2v) is 11.3. The molecule has 9 heteroatoms. The highest BCUT2D eigenvalue weighted by Crippen LogP contribution is 2.33. The first-order valence-corrected chi connectivity index (χ1v) is 14.7. The third-order valence-electron chi connectivity index (χ3n) is 6.90. The number of hydrogen-bond acceptors (Lipinski definition) is 5. The monoisotopic (exact) mass is 583 g/mol. The van der Waals surface area contributed by atoms with E-state index in [0.29, 0.717) is 43.6 Å². The molecule has 3 aromatic heterocycles. The van der Waals surface area contributed by atoms with Gasteiger partial charge in [-0.15, -0.1) is 11.3 Å². The smallest absolute Gasteiger partial charge is 0.268 e. The van der Waals surface area contributed by atoms with E-state index in [-0.39, 0.29) is 28.7 Å². The van der Waals surface area contributed by atoms with Crippen molar-refractivity contribution in [2.24, 2.45) is 0 Å². The van der Waals surface area contributed by atoms with Gasteiger partial charge in [-0.3, -0.25) is 14.2 Å². The predicted octanol–water partition coefficient (Wildman–Crippen LogP) is 7.77. The zero-order chi connectivity index (χ0) is 28.7. The summed E-state index contributed by atoms with van der Waals surface area (Å²) in [6, 6.07) is 23.4. The maximum atomic E-state index is 14.5. The van der Waals surface area contributed by atoms with Crippen LogP contribution in [0, 0.1) is 25.5 Å². The summed E-state index contributed by atoms with van der Waals surface area (Å²) < 4.78 is 31.4. The Hall–Kier alpha value is -4.34. The highest BCUT2D eigenvalue weighted by Gasteiger charge is 2.22. The lowest BCUT2D eigenvalue weighted by atomic mass is 10.1. The van der Waals surface area contributed by atoms with E-state index in [1.54, 1.807) is 47.9 Å². The maximum absolute atomic E-state index is 14.5. The molecule has 5 nitrogen and oxygen atoms in total. The second kappa shape index (κ2) is 10.9. The van der Waals surface area contributed by atoms with Gasteiger partial charge in [0.15, 0.2) is 10.9 Å². The summed E-state index contributed by atoms with van der Waals surface area (Å²) in [7, 11) is 0. The molecule has 0 saturated carbocycles. The number of aryl methyl sites for hydroxylation is 1. The Bertz CT molecular complexity index is 1980. The van der Waals surface area contributed by atoms with Crippen molar-refractivity contribution >= 4 is 39.1 Å². The van der Waals surface area contributed by atoms with Crippen molar-refractivity contribution in [1.82, 2.24) is 14.1 Å². The molecule has 0 spiro atoms. The van der Waals surface area contributed by atoms with E-state index in [2.05, 4.69) is 0 Å². The van der Waals surface area contributed by atoms with Crippen molar-refractivity contribution in [2.45, 2.75) is 19.0 Å². The number of thioether (sulfide) groups is 1. The SMILES string of the molecule is Cc1cc(C(=O)CSc2nc3scc(-c4ccc(F)cc4)c3c(=O)n2-c2ccccc2)c(C)n1-c1ccccc1F. The van der Waals surface area contributed by atoms with Gasteiger partial charge in [0.05, 0.1) is 22.5 Å². The lowest BCUT2D eigenvalue weighted by Gasteiger charge is -2.13. The molecule has 6 rings (SSSR count). The number of carbonyl (C=O) groups is 1. The van der Waals surface area contributed by atoms with Crippen LogP contribution >= 0.6 is 23.1 Å². The topological polar surface area (TPSA) is 56.9 Å². The zero-order valence-corrected chi connectivity index (χ0v) is 23.7. The van der Waals surface area contributed by atoms with Crippen molar-refractivity contribution in [3.8, 4) is 22.5 Å². The number of Topliss-reactive ketones (excluding diaryl/α,β-unsaturated/α-hetero) is 1. The summed E-state index contributed by atoms with van der Waals surface area (Å²) in [6.45, 7) is 3.63. The average Bonchev–Trinajstić information content (AvgIpc) is 3.53. The number of hydrogen-bond donors (Lipinski definition) is 0. The van der Waals surface area contributed by atoms with Gasteiger partial charge in [-0.2, -0.15) is 0 Å². The first-order chi connectivity index (χ1) is 19.8. The Labute approximate surface area is 242 Å². The molecule has 3 heterocycles. The average molecular weight is 584 g/mol. The quantitative estimate of drug-likeness (QED) is 0.109. The summed E-state index contributed by atoms with van der Waals surface area (Å²) in [5, 5.41) is 2.67. The second-order valence-electron chi connectivity index (χ2n) is 9.49. The van der Waals surface area contributed by atoms with E-state index in [4.69, 9.17) is 4.98 Å². The van der Waals surface area contributed by atoms with E-state index in [0.717, 1.165) is 11.3 Å². The number of halogens is 2. The molecule has 0 unspecified atom stereocenters. The van der Waals surface area contributed by atoms with Gasteiger partial charge in [0.1, 0.15) is 16.5 Å². The highest BCUT2D eigenvalue weighted by atomic mass is 32.2. The van der Waals surface area contributed by atoms with Gasteiger partial charge in [-0.1, -0.05) is 54.2 Å². The van der Waals surface area contributed by atoms with E-state index in [1.807, 2.05) is 42.6 Å². The van der Waals surface area contributed by atoms with Gasteiger partial charge in [0.25, 0.3) is 5.56 Å². The number of fused-ring (bicyclic) bond motifs is 1. The molecule has 0 amide bonds. The molecule has 0 saturated heterocycles. The van der Waals surface area contributed by atoms with Crippen LogP contribution in [0.2, 0.25) is 0 Å². The van der Waals surface area contributed by atoms with Crippen molar-refractivity contribution in [3.63, 3.8) is 0 Å². The van der Waals surface area contributed by atoms with E-state index in [1.165, 1.54) is 45.9 Å². The molecule has 0 atom stereocenters. The van der Waals surface area contributed by atoms with Crippen LogP contribution in [0.4, 0.5) is 8.78 Å². The van der Waals surface area contributed by atoms with E-state index < -0.39 is 0 Å². The fraction of sp³-hybridized carbons (Fsp3) is 0.0938. The largest absolute Gasteiger partial charge is 0.315 e. The van der Waals surface area contributed by atoms with Gasteiger partial charge in [-0.25, -0.2) is 13.8 Å². The molecule has 0 radical (unpaired) electrons. The van der Waals surface area contributed by atoms with Crippen LogP contribution in [0.25, 0.3) is 32.7 Å². The molecule has 41 heavy (non-hydrogen) atoms. The van der Waals surface area contributed by atoms with Crippen molar-refractivity contribution < 1.29 is 13.6 Å². The van der Waals surface area contributed by atoms with Crippen LogP contribution in [-0.2, 0) is 0 Å².